The quantitative estimate of drug-likeness (QED) is 0.305. The third kappa shape index (κ3) is 4.55. The van der Waals surface area contributed by atoms with Crippen molar-refractivity contribution >= 4 is 28.1 Å². The lowest BCUT2D eigenvalue weighted by molar-refractivity contribution is -0.111. The van der Waals surface area contributed by atoms with Crippen LogP contribution in [0.25, 0.3) is 27.7 Å². The van der Waals surface area contributed by atoms with Gasteiger partial charge in [-0.05, 0) is 62.2 Å². The van der Waals surface area contributed by atoms with Crippen LogP contribution in [0.1, 0.15) is 25.0 Å². The number of carbonyl (C=O) groups excluding carboxylic acids is 1. The summed E-state index contributed by atoms with van der Waals surface area (Å²) in [6.45, 7) is 5.84. The lowest BCUT2D eigenvalue weighted by atomic mass is 9.96. The van der Waals surface area contributed by atoms with E-state index in [-0.39, 0.29) is 11.5 Å². The minimum atomic E-state index is -0.867. The molecular formula is C27H22F3NO3. The van der Waals surface area contributed by atoms with Crippen LogP contribution in [-0.2, 0) is 4.79 Å². The summed E-state index contributed by atoms with van der Waals surface area (Å²) in [5, 5.41) is 3.21. The zero-order chi connectivity index (χ0) is 24.4. The highest BCUT2D eigenvalue weighted by atomic mass is 19.1. The topological polar surface area (TPSA) is 51.5 Å². The van der Waals surface area contributed by atoms with E-state index in [2.05, 4.69) is 5.32 Å². The molecule has 1 aromatic heterocycles. The summed E-state index contributed by atoms with van der Waals surface area (Å²) in [5.41, 5.74) is 4.03. The Morgan fingerprint density at radius 3 is 2.44 bits per heavy atom. The van der Waals surface area contributed by atoms with Crippen LogP contribution in [0.2, 0.25) is 0 Å². The van der Waals surface area contributed by atoms with Crippen LogP contribution in [-0.4, -0.2) is 12.5 Å². The van der Waals surface area contributed by atoms with Crippen LogP contribution in [0.5, 0.6) is 5.75 Å². The van der Waals surface area contributed by atoms with Gasteiger partial charge in [0.2, 0.25) is 5.91 Å². The molecule has 3 aromatic carbocycles. The summed E-state index contributed by atoms with van der Waals surface area (Å²) in [6.07, 6.45) is 2.93. The van der Waals surface area contributed by atoms with Gasteiger partial charge in [-0.2, -0.15) is 0 Å². The Morgan fingerprint density at radius 1 is 1.06 bits per heavy atom. The molecule has 0 aliphatic heterocycles. The molecule has 0 atom stereocenters. The first-order valence-electron chi connectivity index (χ1n) is 10.7. The predicted molar refractivity (Wildman–Crippen MR) is 126 cm³/mol. The molecule has 0 saturated carbocycles. The Balaban J connectivity index is 1.77. The fourth-order valence-electron chi connectivity index (χ4n) is 3.83. The number of ether oxygens (including phenoxy) is 1. The highest BCUT2D eigenvalue weighted by molar-refractivity contribution is 6.06. The van der Waals surface area contributed by atoms with Gasteiger partial charge in [0.1, 0.15) is 28.8 Å². The predicted octanol–water partition coefficient (Wildman–Crippen LogP) is 7.27. The SMILES string of the molecule is CCOc1c(/C(C)=C/C(=O)Nc2ccc(F)cc2F)cc2c(-c3ccc(F)cc3)coc2c1C. The van der Waals surface area contributed by atoms with Crippen LogP contribution in [0.15, 0.2) is 65.3 Å². The average Bonchev–Trinajstić information content (AvgIpc) is 3.22. The molecule has 1 N–H and O–H groups in total. The van der Waals surface area contributed by atoms with Crippen molar-refractivity contribution in [3.63, 3.8) is 0 Å². The second-order valence-corrected chi connectivity index (χ2v) is 7.78. The molecule has 0 unspecified atom stereocenters. The number of allylic oxidation sites excluding steroid dienone is 1. The summed E-state index contributed by atoms with van der Waals surface area (Å²) >= 11 is 0. The minimum absolute atomic E-state index is 0.124. The van der Waals surface area contributed by atoms with Gasteiger partial charge in [0, 0.05) is 34.2 Å². The number of aryl methyl sites for hydroxylation is 1. The minimum Gasteiger partial charge on any atom is -0.493 e. The number of anilines is 1. The van der Waals surface area contributed by atoms with Gasteiger partial charge in [-0.3, -0.25) is 4.79 Å². The van der Waals surface area contributed by atoms with Crippen molar-refractivity contribution in [2.75, 3.05) is 11.9 Å². The average molecular weight is 465 g/mol. The smallest absolute Gasteiger partial charge is 0.248 e. The van der Waals surface area contributed by atoms with Gasteiger partial charge in [-0.1, -0.05) is 12.1 Å². The normalized spacial score (nSPS) is 11.6. The highest BCUT2D eigenvalue weighted by Gasteiger charge is 2.19. The molecule has 4 aromatic rings. The Morgan fingerprint density at radius 2 is 1.76 bits per heavy atom. The number of nitrogens with one attached hydrogen (secondary N) is 1. The number of rotatable bonds is 6. The van der Waals surface area contributed by atoms with E-state index in [1.165, 1.54) is 18.2 Å². The molecule has 4 nitrogen and oxygen atoms in total. The molecule has 1 heterocycles. The Hall–Kier alpha value is -4.00. The Kier molecular flexibility index (Phi) is 6.45. The summed E-state index contributed by atoms with van der Waals surface area (Å²) in [7, 11) is 0. The van der Waals surface area contributed by atoms with Crippen molar-refractivity contribution in [3.05, 3.63) is 89.4 Å². The highest BCUT2D eigenvalue weighted by Crippen LogP contribution is 2.40. The van der Waals surface area contributed by atoms with Crippen molar-refractivity contribution < 1.29 is 27.1 Å². The number of halogens is 3. The summed E-state index contributed by atoms with van der Waals surface area (Å²) in [4.78, 5) is 12.6. The van der Waals surface area contributed by atoms with Crippen molar-refractivity contribution in [1.29, 1.82) is 0 Å². The van der Waals surface area contributed by atoms with Gasteiger partial charge in [-0.25, -0.2) is 13.2 Å². The van der Waals surface area contributed by atoms with Crippen LogP contribution in [0, 0.1) is 24.4 Å². The van der Waals surface area contributed by atoms with E-state index in [9.17, 15) is 18.0 Å². The molecule has 0 fully saturated rings. The number of carbonyl (C=O) groups is 1. The number of furan rings is 1. The molecule has 174 valence electrons. The second-order valence-electron chi connectivity index (χ2n) is 7.78. The standard InChI is InChI=1S/C27H22F3NO3/c1-4-33-26-16(3)27-21(22(14-34-27)17-5-7-18(28)8-6-17)13-20(26)15(2)11-25(32)31-24-10-9-19(29)12-23(24)30/h5-14H,4H2,1-3H3,(H,31,32)/b15-11+. The van der Waals surface area contributed by atoms with Gasteiger partial charge >= 0.3 is 0 Å². The van der Waals surface area contributed by atoms with Crippen molar-refractivity contribution in [3.8, 4) is 16.9 Å². The van der Waals surface area contributed by atoms with Crippen LogP contribution in [0.4, 0.5) is 18.9 Å². The molecule has 34 heavy (non-hydrogen) atoms. The van der Waals surface area contributed by atoms with Gasteiger partial charge in [0.25, 0.3) is 0 Å². The monoisotopic (exact) mass is 465 g/mol. The van der Waals surface area contributed by atoms with E-state index in [4.69, 9.17) is 9.15 Å². The zero-order valence-electron chi connectivity index (χ0n) is 18.8. The first kappa shape index (κ1) is 23.2. The first-order valence-corrected chi connectivity index (χ1v) is 10.7. The lowest BCUT2D eigenvalue weighted by Crippen LogP contribution is -2.10. The largest absolute Gasteiger partial charge is 0.493 e. The summed E-state index contributed by atoms with van der Waals surface area (Å²) in [5.74, 6) is -1.95. The fraction of sp³-hybridized carbons (Fsp3) is 0.148. The fourth-order valence-corrected chi connectivity index (χ4v) is 3.83. The number of hydrogen-bond donors (Lipinski definition) is 1. The second kappa shape index (κ2) is 9.47. The van der Waals surface area contributed by atoms with Crippen molar-refractivity contribution in [2.45, 2.75) is 20.8 Å². The van der Waals surface area contributed by atoms with E-state index in [1.807, 2.05) is 19.9 Å². The number of benzene rings is 3. The molecule has 0 bridgehead atoms. The molecule has 4 rings (SSSR count). The van der Waals surface area contributed by atoms with Crippen molar-refractivity contribution in [2.24, 2.45) is 0 Å². The lowest BCUT2D eigenvalue weighted by Gasteiger charge is -2.15. The van der Waals surface area contributed by atoms with E-state index in [0.29, 0.717) is 35.1 Å². The molecule has 0 aliphatic carbocycles. The first-order chi connectivity index (χ1) is 16.3. The van der Waals surface area contributed by atoms with Crippen LogP contribution >= 0.6 is 0 Å². The molecule has 7 heteroatoms. The summed E-state index contributed by atoms with van der Waals surface area (Å²) in [6, 6.07) is 10.9. The molecule has 0 radical (unpaired) electrons. The van der Waals surface area contributed by atoms with Crippen LogP contribution in [0.3, 0.4) is 0 Å². The third-order valence-electron chi connectivity index (χ3n) is 5.45. The van der Waals surface area contributed by atoms with E-state index < -0.39 is 17.5 Å². The van der Waals surface area contributed by atoms with E-state index >= 15 is 0 Å². The Labute approximate surface area is 194 Å². The van der Waals surface area contributed by atoms with Gasteiger partial charge in [0.05, 0.1) is 18.6 Å². The number of fused-ring (bicyclic) bond motifs is 1. The molecule has 1 amide bonds. The molecular weight excluding hydrogens is 443 g/mol. The molecule has 0 spiro atoms. The van der Waals surface area contributed by atoms with Gasteiger partial charge in [-0.15, -0.1) is 0 Å². The van der Waals surface area contributed by atoms with E-state index in [1.54, 1.807) is 25.3 Å². The maximum atomic E-state index is 13.9. The summed E-state index contributed by atoms with van der Waals surface area (Å²) < 4.78 is 52.2. The van der Waals surface area contributed by atoms with Gasteiger partial charge in [0.15, 0.2) is 0 Å². The number of hydrogen-bond acceptors (Lipinski definition) is 3. The maximum Gasteiger partial charge on any atom is 0.248 e. The zero-order valence-corrected chi connectivity index (χ0v) is 18.8. The molecule has 0 aliphatic rings. The maximum absolute atomic E-state index is 13.9. The van der Waals surface area contributed by atoms with Gasteiger partial charge < -0.3 is 14.5 Å². The van der Waals surface area contributed by atoms with E-state index in [0.717, 1.165) is 34.2 Å². The van der Waals surface area contributed by atoms with Crippen LogP contribution < -0.4 is 10.1 Å². The number of amides is 1. The molecule has 0 saturated heterocycles. The van der Waals surface area contributed by atoms with Crippen molar-refractivity contribution in [1.82, 2.24) is 0 Å². The third-order valence-corrected chi connectivity index (χ3v) is 5.45. The Bertz CT molecular complexity index is 1410.